The molecule has 2 heterocycles. The predicted octanol–water partition coefficient (Wildman–Crippen LogP) is 4.17. The van der Waals surface area contributed by atoms with Crippen molar-refractivity contribution in [2.24, 2.45) is 0 Å². The Balaban J connectivity index is 1.86. The average Bonchev–Trinajstić information content (AvgIpc) is 3.20. The molecule has 6 heteroatoms. The van der Waals surface area contributed by atoms with Gasteiger partial charge in [-0.25, -0.2) is 12.4 Å². The molecular weight excluding hydrogens is 368 g/mol. The number of likely N-dealkylation sites (tertiary alicyclic amines) is 1. The number of hydrogen-bond donors (Lipinski definition) is 0. The van der Waals surface area contributed by atoms with Crippen LogP contribution >= 0.6 is 11.6 Å². The van der Waals surface area contributed by atoms with Crippen molar-refractivity contribution in [2.75, 3.05) is 13.6 Å². The highest BCUT2D eigenvalue weighted by Crippen LogP contribution is 2.31. The van der Waals surface area contributed by atoms with Crippen molar-refractivity contribution < 1.29 is 8.42 Å². The maximum absolute atomic E-state index is 13.2. The maximum atomic E-state index is 13.2. The number of rotatable bonds is 4. The highest BCUT2D eigenvalue weighted by atomic mass is 35.5. The summed E-state index contributed by atoms with van der Waals surface area (Å²) in [4.78, 5) is 2.63. The van der Waals surface area contributed by atoms with Gasteiger partial charge in [-0.15, -0.1) is 0 Å². The van der Waals surface area contributed by atoms with Gasteiger partial charge in [-0.3, -0.25) is 0 Å². The largest absolute Gasteiger partial charge is 0.303 e. The smallest absolute Gasteiger partial charge is 0.268 e. The lowest BCUT2D eigenvalue weighted by molar-refractivity contribution is 0.310. The number of fused-ring (bicyclic) bond motifs is 1. The van der Waals surface area contributed by atoms with E-state index in [1.807, 2.05) is 12.1 Å². The van der Waals surface area contributed by atoms with Crippen LogP contribution in [0.1, 0.15) is 18.4 Å². The fourth-order valence-corrected chi connectivity index (χ4v) is 5.38. The summed E-state index contributed by atoms with van der Waals surface area (Å²) in [6, 6.07) is 14.4. The van der Waals surface area contributed by atoms with Gasteiger partial charge in [0, 0.05) is 22.6 Å². The second kappa shape index (κ2) is 6.72. The average molecular weight is 389 g/mol. The second-order valence-electron chi connectivity index (χ2n) is 6.91. The van der Waals surface area contributed by atoms with Crippen LogP contribution in [0.5, 0.6) is 0 Å². The summed E-state index contributed by atoms with van der Waals surface area (Å²) in [6.45, 7) is 1.09. The lowest BCUT2D eigenvalue weighted by atomic mass is 10.0. The summed E-state index contributed by atoms with van der Waals surface area (Å²) in [5.74, 6) is 0. The quantitative estimate of drug-likeness (QED) is 0.673. The van der Waals surface area contributed by atoms with Crippen LogP contribution in [0.3, 0.4) is 0 Å². The molecule has 0 saturated carbocycles. The predicted molar refractivity (Wildman–Crippen MR) is 105 cm³/mol. The van der Waals surface area contributed by atoms with Crippen molar-refractivity contribution in [3.05, 3.63) is 65.3 Å². The lowest BCUT2D eigenvalue weighted by Gasteiger charge is -2.18. The Kier molecular flexibility index (Phi) is 4.55. The van der Waals surface area contributed by atoms with Gasteiger partial charge in [-0.1, -0.05) is 29.8 Å². The van der Waals surface area contributed by atoms with Gasteiger partial charge in [-0.05, 0) is 68.8 Å². The molecule has 3 aromatic rings. The molecule has 4 rings (SSSR count). The number of aromatic nitrogens is 1. The molecule has 0 aliphatic carbocycles. The van der Waals surface area contributed by atoms with Crippen LogP contribution in [0.4, 0.5) is 0 Å². The molecule has 2 aromatic carbocycles. The summed E-state index contributed by atoms with van der Waals surface area (Å²) in [6.07, 6.45) is 4.91. The van der Waals surface area contributed by atoms with E-state index in [2.05, 4.69) is 11.9 Å². The zero-order valence-electron chi connectivity index (χ0n) is 14.6. The molecule has 4 nitrogen and oxygen atoms in total. The standard InChI is InChI=1S/C20H21ClN2O2S/c1-22-11-5-6-17(22)12-15-14-23(20-10-9-16(21)13-19(15)20)26(24,25)18-7-3-2-4-8-18/h2-4,7-10,13-14,17H,5-6,11-12H2,1H3/t17-/m1/s1. The summed E-state index contributed by atoms with van der Waals surface area (Å²) in [5, 5.41) is 1.53. The van der Waals surface area contributed by atoms with Gasteiger partial charge in [0.05, 0.1) is 10.4 Å². The molecule has 0 unspecified atom stereocenters. The van der Waals surface area contributed by atoms with E-state index in [4.69, 9.17) is 11.6 Å². The van der Waals surface area contributed by atoms with Gasteiger partial charge >= 0.3 is 0 Å². The van der Waals surface area contributed by atoms with E-state index >= 15 is 0 Å². The van der Waals surface area contributed by atoms with Crippen molar-refractivity contribution in [3.63, 3.8) is 0 Å². The molecule has 0 N–H and O–H groups in total. The Hall–Kier alpha value is -1.82. The normalized spacial score (nSPS) is 18.6. The molecule has 0 spiro atoms. The first-order valence-corrected chi connectivity index (χ1v) is 10.6. The maximum Gasteiger partial charge on any atom is 0.268 e. The summed E-state index contributed by atoms with van der Waals surface area (Å²) >= 11 is 6.21. The van der Waals surface area contributed by atoms with Crippen LogP contribution in [0.25, 0.3) is 10.9 Å². The third-order valence-electron chi connectivity index (χ3n) is 5.24. The van der Waals surface area contributed by atoms with Crippen molar-refractivity contribution in [3.8, 4) is 0 Å². The van der Waals surface area contributed by atoms with E-state index in [1.54, 1.807) is 42.6 Å². The Labute approximate surface area is 159 Å². The van der Waals surface area contributed by atoms with Gasteiger partial charge in [0.1, 0.15) is 0 Å². The summed E-state index contributed by atoms with van der Waals surface area (Å²) < 4.78 is 27.7. The molecule has 1 saturated heterocycles. The van der Waals surface area contributed by atoms with Crippen LogP contribution in [-0.2, 0) is 16.4 Å². The summed E-state index contributed by atoms with van der Waals surface area (Å²) in [5.41, 5.74) is 1.70. The molecule has 0 bridgehead atoms. The third kappa shape index (κ3) is 3.04. The van der Waals surface area contributed by atoms with E-state index in [1.165, 1.54) is 10.4 Å². The first-order valence-electron chi connectivity index (χ1n) is 8.77. The van der Waals surface area contributed by atoms with Crippen LogP contribution in [0, 0.1) is 0 Å². The van der Waals surface area contributed by atoms with E-state index in [-0.39, 0.29) is 4.90 Å². The lowest BCUT2D eigenvalue weighted by Crippen LogP contribution is -2.26. The molecule has 1 aliphatic heterocycles. The van der Waals surface area contributed by atoms with Crippen LogP contribution < -0.4 is 0 Å². The van der Waals surface area contributed by atoms with E-state index in [9.17, 15) is 8.42 Å². The first kappa shape index (κ1) is 17.6. The number of benzene rings is 2. The van der Waals surface area contributed by atoms with Crippen molar-refractivity contribution in [1.29, 1.82) is 0 Å². The molecule has 1 aromatic heterocycles. The molecule has 136 valence electrons. The van der Waals surface area contributed by atoms with Crippen LogP contribution in [0.15, 0.2) is 59.6 Å². The SMILES string of the molecule is CN1CCC[C@@H]1Cc1cn(S(=O)(=O)c2ccccc2)c2ccc(Cl)cc12. The highest BCUT2D eigenvalue weighted by Gasteiger charge is 2.25. The number of likely N-dealkylation sites (N-methyl/N-ethyl adjacent to an activating group) is 1. The van der Waals surface area contributed by atoms with Crippen molar-refractivity contribution in [1.82, 2.24) is 8.87 Å². The van der Waals surface area contributed by atoms with Crippen LogP contribution in [0.2, 0.25) is 5.02 Å². The molecule has 1 fully saturated rings. The minimum absolute atomic E-state index is 0.288. The van der Waals surface area contributed by atoms with Gasteiger partial charge in [-0.2, -0.15) is 0 Å². The molecule has 1 aliphatic rings. The minimum Gasteiger partial charge on any atom is -0.303 e. The molecule has 1 atom stereocenters. The highest BCUT2D eigenvalue weighted by molar-refractivity contribution is 7.90. The molecular formula is C20H21ClN2O2S. The minimum atomic E-state index is -3.64. The molecule has 0 radical (unpaired) electrons. The van der Waals surface area contributed by atoms with E-state index in [0.29, 0.717) is 16.6 Å². The van der Waals surface area contributed by atoms with E-state index < -0.39 is 10.0 Å². The van der Waals surface area contributed by atoms with Gasteiger partial charge < -0.3 is 4.90 Å². The number of halogens is 1. The number of nitrogens with zero attached hydrogens (tertiary/aromatic N) is 2. The monoisotopic (exact) mass is 388 g/mol. The van der Waals surface area contributed by atoms with Crippen molar-refractivity contribution in [2.45, 2.75) is 30.2 Å². The van der Waals surface area contributed by atoms with E-state index in [0.717, 1.165) is 30.3 Å². The Bertz CT molecular complexity index is 1040. The van der Waals surface area contributed by atoms with Gasteiger partial charge in [0.25, 0.3) is 10.0 Å². The number of hydrogen-bond acceptors (Lipinski definition) is 3. The fraction of sp³-hybridized carbons (Fsp3) is 0.300. The Morgan fingerprint density at radius 2 is 1.92 bits per heavy atom. The van der Waals surface area contributed by atoms with Gasteiger partial charge in [0.2, 0.25) is 0 Å². The fourth-order valence-electron chi connectivity index (χ4n) is 3.80. The van der Waals surface area contributed by atoms with Gasteiger partial charge in [0.15, 0.2) is 0 Å². The molecule has 0 amide bonds. The first-order chi connectivity index (χ1) is 12.5. The van der Waals surface area contributed by atoms with Crippen LogP contribution in [-0.4, -0.2) is 36.9 Å². The second-order valence-corrected chi connectivity index (χ2v) is 9.16. The topological polar surface area (TPSA) is 42.3 Å². The third-order valence-corrected chi connectivity index (χ3v) is 7.17. The Morgan fingerprint density at radius 3 is 2.62 bits per heavy atom. The van der Waals surface area contributed by atoms with Crippen molar-refractivity contribution >= 4 is 32.5 Å². The zero-order chi connectivity index (χ0) is 18.3. The zero-order valence-corrected chi connectivity index (χ0v) is 16.2. The summed E-state index contributed by atoms with van der Waals surface area (Å²) in [7, 11) is -1.52. The molecule has 26 heavy (non-hydrogen) atoms. The Morgan fingerprint density at radius 1 is 1.15 bits per heavy atom.